The Bertz CT molecular complexity index is 177. The molecule has 0 radical (unpaired) electrons. The lowest BCUT2D eigenvalue weighted by molar-refractivity contribution is -0.139. The maximum atomic E-state index is 10.4. The standard InChI is InChI=1S/C12H25NO3/c1-3-5-7-13(8-6-4-2)10-11(14)9-12(15)16/h11,14H,3-10H2,1-2H3,(H,15,16). The lowest BCUT2D eigenvalue weighted by Gasteiger charge is -2.24. The highest BCUT2D eigenvalue weighted by Gasteiger charge is 2.13. The third-order valence-electron chi connectivity index (χ3n) is 2.53. The van der Waals surface area contributed by atoms with E-state index in [1.807, 2.05) is 0 Å². The van der Waals surface area contributed by atoms with Crippen LogP contribution in [0.5, 0.6) is 0 Å². The van der Waals surface area contributed by atoms with Gasteiger partial charge in [0.1, 0.15) is 0 Å². The van der Waals surface area contributed by atoms with Gasteiger partial charge in [-0.2, -0.15) is 0 Å². The minimum atomic E-state index is -0.932. The smallest absolute Gasteiger partial charge is 0.306 e. The summed E-state index contributed by atoms with van der Waals surface area (Å²) in [6.45, 7) is 6.64. The fourth-order valence-electron chi connectivity index (χ4n) is 1.62. The van der Waals surface area contributed by atoms with E-state index in [4.69, 9.17) is 5.11 Å². The van der Waals surface area contributed by atoms with Gasteiger partial charge in [-0.3, -0.25) is 4.79 Å². The molecule has 96 valence electrons. The van der Waals surface area contributed by atoms with Crippen molar-refractivity contribution in [3.8, 4) is 0 Å². The second kappa shape index (κ2) is 9.60. The molecule has 0 aliphatic carbocycles. The van der Waals surface area contributed by atoms with Crippen LogP contribution in [0.2, 0.25) is 0 Å². The van der Waals surface area contributed by atoms with Crippen LogP contribution in [0, 0.1) is 0 Å². The van der Waals surface area contributed by atoms with Crippen LogP contribution in [-0.2, 0) is 4.79 Å². The van der Waals surface area contributed by atoms with E-state index in [1.54, 1.807) is 0 Å². The summed E-state index contributed by atoms with van der Waals surface area (Å²) in [5.74, 6) is -0.932. The van der Waals surface area contributed by atoms with Gasteiger partial charge in [0.05, 0.1) is 12.5 Å². The van der Waals surface area contributed by atoms with Crippen LogP contribution in [0.3, 0.4) is 0 Å². The molecule has 0 saturated carbocycles. The summed E-state index contributed by atoms with van der Waals surface area (Å²) >= 11 is 0. The molecule has 0 saturated heterocycles. The number of aliphatic hydroxyl groups is 1. The molecular weight excluding hydrogens is 206 g/mol. The number of carboxylic acid groups (broad SMARTS) is 1. The van der Waals surface area contributed by atoms with Crippen LogP contribution in [0.4, 0.5) is 0 Å². The molecule has 0 aromatic heterocycles. The number of nitrogens with zero attached hydrogens (tertiary/aromatic N) is 1. The number of hydrogen-bond donors (Lipinski definition) is 2. The van der Waals surface area contributed by atoms with Gasteiger partial charge in [0, 0.05) is 6.54 Å². The molecule has 1 atom stereocenters. The Morgan fingerprint density at radius 1 is 1.19 bits per heavy atom. The zero-order chi connectivity index (χ0) is 12.4. The van der Waals surface area contributed by atoms with E-state index in [-0.39, 0.29) is 6.42 Å². The van der Waals surface area contributed by atoms with Crippen molar-refractivity contribution in [2.24, 2.45) is 0 Å². The van der Waals surface area contributed by atoms with Crippen LogP contribution in [-0.4, -0.2) is 46.8 Å². The van der Waals surface area contributed by atoms with Crippen LogP contribution in [0.15, 0.2) is 0 Å². The molecule has 1 unspecified atom stereocenters. The van der Waals surface area contributed by atoms with E-state index in [0.29, 0.717) is 6.54 Å². The summed E-state index contributed by atoms with van der Waals surface area (Å²) in [5.41, 5.74) is 0. The van der Waals surface area contributed by atoms with Gasteiger partial charge >= 0.3 is 5.97 Å². The molecule has 2 N–H and O–H groups in total. The van der Waals surface area contributed by atoms with Gasteiger partial charge in [-0.05, 0) is 25.9 Å². The number of aliphatic hydroxyl groups excluding tert-OH is 1. The van der Waals surface area contributed by atoms with Crippen molar-refractivity contribution >= 4 is 5.97 Å². The lowest BCUT2D eigenvalue weighted by atomic mass is 10.2. The van der Waals surface area contributed by atoms with Crippen molar-refractivity contribution < 1.29 is 15.0 Å². The molecule has 0 aromatic rings. The highest BCUT2D eigenvalue weighted by molar-refractivity contribution is 5.67. The summed E-state index contributed by atoms with van der Waals surface area (Å²) in [6, 6.07) is 0. The molecule has 4 nitrogen and oxygen atoms in total. The van der Waals surface area contributed by atoms with Crippen LogP contribution < -0.4 is 0 Å². The first-order chi connectivity index (χ1) is 7.60. The number of hydrogen-bond acceptors (Lipinski definition) is 3. The van der Waals surface area contributed by atoms with Crippen molar-refractivity contribution in [2.75, 3.05) is 19.6 Å². The molecule has 4 heteroatoms. The minimum absolute atomic E-state index is 0.158. The van der Waals surface area contributed by atoms with Crippen molar-refractivity contribution in [1.29, 1.82) is 0 Å². The van der Waals surface area contributed by atoms with Gasteiger partial charge in [-0.1, -0.05) is 26.7 Å². The number of carbonyl (C=O) groups is 1. The van der Waals surface area contributed by atoms with Gasteiger partial charge in [0.25, 0.3) is 0 Å². The van der Waals surface area contributed by atoms with Crippen molar-refractivity contribution in [1.82, 2.24) is 4.90 Å². The SMILES string of the molecule is CCCCN(CCCC)CC(O)CC(=O)O. The average molecular weight is 231 g/mol. The number of unbranched alkanes of at least 4 members (excludes halogenated alkanes) is 2. The molecule has 0 amide bonds. The largest absolute Gasteiger partial charge is 0.481 e. The molecule has 0 spiro atoms. The van der Waals surface area contributed by atoms with E-state index in [9.17, 15) is 9.90 Å². The zero-order valence-corrected chi connectivity index (χ0v) is 10.5. The second-order valence-electron chi connectivity index (χ2n) is 4.26. The maximum absolute atomic E-state index is 10.4. The first kappa shape index (κ1) is 15.4. The molecule has 0 aliphatic heterocycles. The second-order valence-corrected chi connectivity index (χ2v) is 4.26. The average Bonchev–Trinajstić information content (AvgIpc) is 2.20. The first-order valence-corrected chi connectivity index (χ1v) is 6.22. The summed E-state index contributed by atoms with van der Waals surface area (Å²) < 4.78 is 0. The van der Waals surface area contributed by atoms with E-state index >= 15 is 0 Å². The summed E-state index contributed by atoms with van der Waals surface area (Å²) in [4.78, 5) is 12.6. The van der Waals surface area contributed by atoms with Crippen LogP contribution in [0.1, 0.15) is 46.0 Å². The predicted octanol–water partition coefficient (Wildman–Crippen LogP) is 1.72. The molecule has 0 bridgehead atoms. The minimum Gasteiger partial charge on any atom is -0.481 e. The van der Waals surface area contributed by atoms with E-state index in [1.165, 1.54) is 0 Å². The Hall–Kier alpha value is -0.610. The third-order valence-corrected chi connectivity index (χ3v) is 2.53. The lowest BCUT2D eigenvalue weighted by Crippen LogP contribution is -2.35. The van der Waals surface area contributed by atoms with Crippen LogP contribution in [0.25, 0.3) is 0 Å². The Kier molecular flexibility index (Phi) is 9.24. The third kappa shape index (κ3) is 8.68. The predicted molar refractivity (Wildman–Crippen MR) is 64.5 cm³/mol. The highest BCUT2D eigenvalue weighted by Crippen LogP contribution is 2.03. The van der Waals surface area contributed by atoms with Crippen LogP contribution >= 0.6 is 0 Å². The van der Waals surface area contributed by atoms with E-state index in [0.717, 1.165) is 38.8 Å². The highest BCUT2D eigenvalue weighted by atomic mass is 16.4. The van der Waals surface area contributed by atoms with Gasteiger partial charge in [0.2, 0.25) is 0 Å². The Morgan fingerprint density at radius 3 is 2.06 bits per heavy atom. The summed E-state index contributed by atoms with van der Waals surface area (Å²) in [5, 5.41) is 18.1. The number of carboxylic acids is 1. The normalized spacial score (nSPS) is 13.0. The topological polar surface area (TPSA) is 60.8 Å². The molecule has 0 aliphatic rings. The zero-order valence-electron chi connectivity index (χ0n) is 10.5. The molecule has 0 rings (SSSR count). The molecule has 0 fully saturated rings. The van der Waals surface area contributed by atoms with Crippen molar-refractivity contribution in [2.45, 2.75) is 52.1 Å². The first-order valence-electron chi connectivity index (χ1n) is 6.22. The number of rotatable bonds is 10. The van der Waals surface area contributed by atoms with Gasteiger partial charge in [0.15, 0.2) is 0 Å². The van der Waals surface area contributed by atoms with Gasteiger partial charge < -0.3 is 15.1 Å². The Labute approximate surface area is 98.3 Å². The maximum Gasteiger partial charge on any atom is 0.306 e. The van der Waals surface area contributed by atoms with E-state index < -0.39 is 12.1 Å². The quantitative estimate of drug-likeness (QED) is 0.601. The fraction of sp³-hybridized carbons (Fsp3) is 0.917. The van der Waals surface area contributed by atoms with E-state index in [2.05, 4.69) is 18.7 Å². The fourth-order valence-corrected chi connectivity index (χ4v) is 1.62. The van der Waals surface area contributed by atoms with Crippen molar-refractivity contribution in [3.63, 3.8) is 0 Å². The molecule has 0 aromatic carbocycles. The summed E-state index contributed by atoms with van der Waals surface area (Å²) in [7, 11) is 0. The molecular formula is C12H25NO3. The summed E-state index contributed by atoms with van der Waals surface area (Å²) in [6.07, 6.45) is 3.54. The van der Waals surface area contributed by atoms with Gasteiger partial charge in [-0.15, -0.1) is 0 Å². The van der Waals surface area contributed by atoms with Crippen molar-refractivity contribution in [3.05, 3.63) is 0 Å². The monoisotopic (exact) mass is 231 g/mol. The number of aliphatic carboxylic acids is 1. The Balaban J connectivity index is 3.91. The Morgan fingerprint density at radius 2 is 1.69 bits per heavy atom. The molecule has 16 heavy (non-hydrogen) atoms. The van der Waals surface area contributed by atoms with Gasteiger partial charge in [-0.25, -0.2) is 0 Å². The molecule has 0 heterocycles.